The molecule has 0 bridgehead atoms. The monoisotopic (exact) mass is 258 g/mol. The van der Waals surface area contributed by atoms with Gasteiger partial charge < -0.3 is 15.5 Å². The number of aliphatic hydroxyl groups is 1. The molecule has 3 N–H and O–H groups in total. The van der Waals surface area contributed by atoms with E-state index < -0.39 is 5.97 Å². The zero-order valence-corrected chi connectivity index (χ0v) is 10.2. The number of nitrogens with zero attached hydrogens (tertiary/aromatic N) is 1. The maximum Gasteiger partial charge on any atom is 0.335 e. The lowest BCUT2D eigenvalue weighted by Crippen LogP contribution is -2.04. The van der Waals surface area contributed by atoms with Gasteiger partial charge in [-0.3, -0.25) is 0 Å². The van der Waals surface area contributed by atoms with Gasteiger partial charge in [-0.25, -0.2) is 9.78 Å². The van der Waals surface area contributed by atoms with E-state index in [-0.39, 0.29) is 12.2 Å². The van der Waals surface area contributed by atoms with Crippen LogP contribution in [0.1, 0.15) is 21.5 Å². The molecule has 0 spiro atoms. The number of aromatic carboxylic acids is 1. The zero-order valence-electron chi connectivity index (χ0n) is 10.2. The summed E-state index contributed by atoms with van der Waals surface area (Å²) in [6, 6.07) is 10.4. The Hall–Kier alpha value is -2.40. The second-order valence-corrected chi connectivity index (χ2v) is 4.06. The zero-order chi connectivity index (χ0) is 13.7. The summed E-state index contributed by atoms with van der Waals surface area (Å²) < 4.78 is 0. The van der Waals surface area contributed by atoms with Crippen molar-refractivity contribution in [2.75, 3.05) is 5.32 Å². The molecule has 0 saturated carbocycles. The number of carbonyl (C=O) groups is 1. The molecule has 0 aliphatic carbocycles. The van der Waals surface area contributed by atoms with Gasteiger partial charge in [0.25, 0.3) is 0 Å². The molecule has 0 aliphatic rings. The molecule has 0 aliphatic heterocycles. The second kappa shape index (κ2) is 5.97. The Balaban J connectivity index is 2.01. The van der Waals surface area contributed by atoms with Gasteiger partial charge in [0, 0.05) is 12.7 Å². The molecule has 0 atom stereocenters. The smallest absolute Gasteiger partial charge is 0.335 e. The van der Waals surface area contributed by atoms with E-state index in [1.807, 2.05) is 24.3 Å². The standard InChI is InChI=1S/C14H14N2O3/c17-9-11-3-1-10(2-4-11)8-16-13-7-12(14(18)19)5-6-15-13/h1-7,17H,8-9H2,(H,15,16)(H,18,19). The number of hydrogen-bond donors (Lipinski definition) is 3. The van der Waals surface area contributed by atoms with Gasteiger partial charge in [-0.2, -0.15) is 0 Å². The SMILES string of the molecule is O=C(O)c1ccnc(NCc2ccc(CO)cc2)c1. The maximum absolute atomic E-state index is 10.8. The molecule has 19 heavy (non-hydrogen) atoms. The predicted molar refractivity (Wildman–Crippen MR) is 70.9 cm³/mol. The summed E-state index contributed by atoms with van der Waals surface area (Å²) in [4.78, 5) is 14.9. The normalized spacial score (nSPS) is 10.2. The van der Waals surface area contributed by atoms with Crippen molar-refractivity contribution in [2.45, 2.75) is 13.2 Å². The van der Waals surface area contributed by atoms with E-state index in [9.17, 15) is 4.79 Å². The van der Waals surface area contributed by atoms with Crippen LogP contribution in [0.15, 0.2) is 42.6 Å². The second-order valence-electron chi connectivity index (χ2n) is 4.06. The fraction of sp³-hybridized carbons (Fsp3) is 0.143. The van der Waals surface area contributed by atoms with Gasteiger partial charge in [0.05, 0.1) is 12.2 Å². The van der Waals surface area contributed by atoms with E-state index >= 15 is 0 Å². The summed E-state index contributed by atoms with van der Waals surface area (Å²) >= 11 is 0. The van der Waals surface area contributed by atoms with Crippen LogP contribution in [-0.4, -0.2) is 21.2 Å². The van der Waals surface area contributed by atoms with Crippen molar-refractivity contribution in [1.29, 1.82) is 0 Å². The molecule has 2 aromatic rings. The quantitative estimate of drug-likeness (QED) is 0.762. The Morgan fingerprint density at radius 3 is 2.47 bits per heavy atom. The first-order chi connectivity index (χ1) is 9.19. The van der Waals surface area contributed by atoms with Crippen LogP contribution in [0, 0.1) is 0 Å². The predicted octanol–water partition coefficient (Wildman–Crippen LogP) is 1.88. The van der Waals surface area contributed by atoms with Gasteiger partial charge in [0.2, 0.25) is 0 Å². The minimum atomic E-state index is -0.974. The molecule has 1 aromatic carbocycles. The average Bonchev–Trinajstić information content (AvgIpc) is 2.46. The summed E-state index contributed by atoms with van der Waals surface area (Å²) in [6.07, 6.45) is 1.46. The molecule has 0 fully saturated rings. The summed E-state index contributed by atoms with van der Waals surface area (Å²) in [7, 11) is 0. The van der Waals surface area contributed by atoms with E-state index in [1.54, 1.807) is 0 Å². The Morgan fingerprint density at radius 1 is 1.16 bits per heavy atom. The Labute approximate surface area is 110 Å². The highest BCUT2D eigenvalue weighted by Gasteiger charge is 2.03. The molecular formula is C14H14N2O3. The molecule has 0 radical (unpaired) electrons. The Morgan fingerprint density at radius 2 is 1.84 bits per heavy atom. The molecule has 0 saturated heterocycles. The van der Waals surface area contributed by atoms with Gasteiger partial charge in [-0.05, 0) is 23.3 Å². The summed E-state index contributed by atoms with van der Waals surface area (Å²) in [5.74, 6) is -0.455. The third-order valence-electron chi connectivity index (χ3n) is 2.69. The van der Waals surface area contributed by atoms with Crippen molar-refractivity contribution in [1.82, 2.24) is 4.98 Å². The largest absolute Gasteiger partial charge is 0.478 e. The number of rotatable bonds is 5. The number of pyridine rings is 1. The Bertz CT molecular complexity index is 567. The van der Waals surface area contributed by atoms with E-state index in [0.29, 0.717) is 12.4 Å². The van der Waals surface area contributed by atoms with Gasteiger partial charge >= 0.3 is 5.97 Å². The van der Waals surface area contributed by atoms with Crippen LogP contribution in [0.5, 0.6) is 0 Å². The number of hydrogen-bond acceptors (Lipinski definition) is 4. The van der Waals surface area contributed by atoms with Crippen LogP contribution in [0.4, 0.5) is 5.82 Å². The maximum atomic E-state index is 10.8. The topological polar surface area (TPSA) is 82.5 Å². The van der Waals surface area contributed by atoms with Crippen LogP contribution >= 0.6 is 0 Å². The minimum Gasteiger partial charge on any atom is -0.478 e. The average molecular weight is 258 g/mol. The van der Waals surface area contributed by atoms with Crippen molar-refractivity contribution >= 4 is 11.8 Å². The van der Waals surface area contributed by atoms with E-state index in [2.05, 4.69) is 10.3 Å². The van der Waals surface area contributed by atoms with E-state index in [0.717, 1.165) is 11.1 Å². The summed E-state index contributed by atoms with van der Waals surface area (Å²) in [5.41, 5.74) is 2.09. The third kappa shape index (κ3) is 3.53. The Kier molecular flexibility index (Phi) is 4.10. The van der Waals surface area contributed by atoms with Crippen LogP contribution in [0.25, 0.3) is 0 Å². The lowest BCUT2D eigenvalue weighted by Gasteiger charge is -2.06. The number of benzene rings is 1. The molecule has 5 heteroatoms. The number of anilines is 1. The number of carboxylic acid groups (broad SMARTS) is 1. The number of nitrogens with one attached hydrogen (secondary N) is 1. The molecule has 5 nitrogen and oxygen atoms in total. The molecule has 0 amide bonds. The molecular weight excluding hydrogens is 244 g/mol. The van der Waals surface area contributed by atoms with Crippen molar-refractivity contribution < 1.29 is 15.0 Å². The van der Waals surface area contributed by atoms with Gasteiger partial charge in [-0.15, -0.1) is 0 Å². The van der Waals surface area contributed by atoms with Crippen LogP contribution < -0.4 is 5.32 Å². The highest BCUT2D eigenvalue weighted by Crippen LogP contribution is 2.10. The molecule has 98 valence electrons. The summed E-state index contributed by atoms with van der Waals surface area (Å²) in [5, 5.41) is 20.9. The van der Waals surface area contributed by atoms with Gasteiger partial charge in [0.1, 0.15) is 5.82 Å². The third-order valence-corrected chi connectivity index (χ3v) is 2.69. The first kappa shape index (κ1) is 13.0. The minimum absolute atomic E-state index is 0.0237. The molecule has 0 unspecified atom stereocenters. The molecule has 2 rings (SSSR count). The van der Waals surface area contributed by atoms with Crippen molar-refractivity contribution in [3.8, 4) is 0 Å². The van der Waals surface area contributed by atoms with Crippen LogP contribution in [0.2, 0.25) is 0 Å². The number of carboxylic acids is 1. The summed E-state index contributed by atoms with van der Waals surface area (Å²) in [6.45, 7) is 0.567. The van der Waals surface area contributed by atoms with Gasteiger partial charge in [0.15, 0.2) is 0 Å². The highest BCUT2D eigenvalue weighted by atomic mass is 16.4. The van der Waals surface area contributed by atoms with Crippen molar-refractivity contribution in [2.24, 2.45) is 0 Å². The number of aliphatic hydroxyl groups excluding tert-OH is 1. The van der Waals surface area contributed by atoms with Gasteiger partial charge in [-0.1, -0.05) is 24.3 Å². The van der Waals surface area contributed by atoms with E-state index in [1.165, 1.54) is 18.3 Å². The molecule has 1 heterocycles. The lowest BCUT2D eigenvalue weighted by atomic mass is 10.1. The van der Waals surface area contributed by atoms with Crippen LogP contribution in [0.3, 0.4) is 0 Å². The first-order valence-electron chi connectivity index (χ1n) is 5.81. The first-order valence-corrected chi connectivity index (χ1v) is 5.81. The lowest BCUT2D eigenvalue weighted by molar-refractivity contribution is 0.0697. The molecule has 1 aromatic heterocycles. The fourth-order valence-corrected chi connectivity index (χ4v) is 1.62. The van der Waals surface area contributed by atoms with Crippen molar-refractivity contribution in [3.63, 3.8) is 0 Å². The highest BCUT2D eigenvalue weighted by molar-refractivity contribution is 5.88. The van der Waals surface area contributed by atoms with E-state index in [4.69, 9.17) is 10.2 Å². The van der Waals surface area contributed by atoms with Crippen molar-refractivity contribution in [3.05, 3.63) is 59.3 Å². The van der Waals surface area contributed by atoms with Crippen LogP contribution in [-0.2, 0) is 13.2 Å². The number of aromatic nitrogens is 1. The fourth-order valence-electron chi connectivity index (χ4n) is 1.62.